The molecule has 2 aromatic heterocycles. The molecule has 2 heterocycles. The van der Waals surface area contributed by atoms with E-state index < -0.39 is 5.97 Å². The molecule has 0 unspecified atom stereocenters. The smallest absolute Gasteiger partial charge is 0.337 e. The third-order valence-electron chi connectivity index (χ3n) is 2.10. The molecule has 0 atom stereocenters. The third-order valence-corrected chi connectivity index (χ3v) is 2.10. The van der Waals surface area contributed by atoms with Crippen molar-refractivity contribution in [2.45, 2.75) is 6.92 Å². The van der Waals surface area contributed by atoms with Gasteiger partial charge < -0.3 is 10.8 Å². The molecule has 0 spiro atoms. The second-order valence-corrected chi connectivity index (χ2v) is 3.26. The molecule has 5 nitrogen and oxygen atoms in total. The van der Waals surface area contributed by atoms with Gasteiger partial charge in [-0.25, -0.2) is 9.78 Å². The number of hydrogen-bond donors (Lipinski definition) is 2. The Bertz CT molecular complexity index is 552. The summed E-state index contributed by atoms with van der Waals surface area (Å²) in [6.45, 7) is 1.85. The van der Waals surface area contributed by atoms with E-state index in [4.69, 9.17) is 10.8 Å². The van der Waals surface area contributed by atoms with Crippen molar-refractivity contribution in [2.75, 3.05) is 5.73 Å². The molecule has 5 heteroatoms. The minimum atomic E-state index is -1.02. The van der Waals surface area contributed by atoms with E-state index in [1.54, 1.807) is 6.07 Å². The molecule has 0 saturated carbocycles. The van der Waals surface area contributed by atoms with Crippen molar-refractivity contribution in [2.24, 2.45) is 0 Å². The van der Waals surface area contributed by atoms with Crippen molar-refractivity contribution in [3.05, 3.63) is 29.5 Å². The first-order chi connectivity index (χ1) is 7.08. The lowest BCUT2D eigenvalue weighted by Crippen LogP contribution is -2.00. The highest BCUT2D eigenvalue weighted by Crippen LogP contribution is 2.17. The number of rotatable bonds is 1. The molecule has 3 N–H and O–H groups in total. The summed E-state index contributed by atoms with van der Waals surface area (Å²) < 4.78 is 0. The minimum absolute atomic E-state index is 0.111. The van der Waals surface area contributed by atoms with Crippen LogP contribution in [0.4, 0.5) is 5.82 Å². The molecular weight excluding hydrogens is 194 g/mol. The molecule has 76 valence electrons. The zero-order valence-corrected chi connectivity index (χ0v) is 8.06. The van der Waals surface area contributed by atoms with Crippen LogP contribution in [0.3, 0.4) is 0 Å². The summed E-state index contributed by atoms with van der Waals surface area (Å²) in [5.41, 5.74) is 7.74. The van der Waals surface area contributed by atoms with Gasteiger partial charge in [-0.3, -0.25) is 4.98 Å². The largest absolute Gasteiger partial charge is 0.478 e. The van der Waals surface area contributed by atoms with Gasteiger partial charge in [-0.1, -0.05) is 0 Å². The van der Waals surface area contributed by atoms with Gasteiger partial charge >= 0.3 is 5.97 Å². The van der Waals surface area contributed by atoms with Gasteiger partial charge in [0.15, 0.2) is 0 Å². The van der Waals surface area contributed by atoms with Crippen LogP contribution in [0.25, 0.3) is 11.0 Å². The van der Waals surface area contributed by atoms with Crippen molar-refractivity contribution >= 4 is 22.8 Å². The molecule has 2 aromatic rings. The molecule has 2 rings (SSSR count). The van der Waals surface area contributed by atoms with Gasteiger partial charge in [0.05, 0.1) is 16.6 Å². The first-order valence-corrected chi connectivity index (χ1v) is 4.34. The van der Waals surface area contributed by atoms with Gasteiger partial charge in [0.1, 0.15) is 5.82 Å². The first-order valence-electron chi connectivity index (χ1n) is 4.34. The predicted molar refractivity (Wildman–Crippen MR) is 55.6 cm³/mol. The Morgan fingerprint density at radius 2 is 2.20 bits per heavy atom. The summed E-state index contributed by atoms with van der Waals surface area (Å²) in [6.07, 6.45) is 1.32. The summed E-state index contributed by atoms with van der Waals surface area (Å²) in [4.78, 5) is 18.8. The van der Waals surface area contributed by atoms with Gasteiger partial charge in [-0.15, -0.1) is 0 Å². The number of carbonyl (C=O) groups is 1. The Labute approximate surface area is 85.6 Å². The highest BCUT2D eigenvalue weighted by atomic mass is 16.4. The van der Waals surface area contributed by atoms with Crippen LogP contribution in [0, 0.1) is 6.92 Å². The van der Waals surface area contributed by atoms with Crippen molar-refractivity contribution in [1.82, 2.24) is 9.97 Å². The standard InChI is InChI=1S/C10H9N3O2/c1-5-2-8(11)13-7-3-6(10(14)15)4-12-9(5)7/h2-4H,1H3,(H2,11,13)(H,14,15). The SMILES string of the molecule is Cc1cc(N)nc2cc(C(=O)O)cnc12. The highest BCUT2D eigenvalue weighted by molar-refractivity contribution is 5.92. The van der Waals surface area contributed by atoms with Crippen molar-refractivity contribution in [3.8, 4) is 0 Å². The number of anilines is 1. The summed E-state index contributed by atoms with van der Waals surface area (Å²) >= 11 is 0. The van der Waals surface area contributed by atoms with E-state index in [9.17, 15) is 4.79 Å². The number of nitrogens with two attached hydrogens (primary N) is 1. The molecule has 0 saturated heterocycles. The zero-order valence-electron chi connectivity index (χ0n) is 8.06. The van der Waals surface area contributed by atoms with E-state index in [1.807, 2.05) is 6.92 Å². The fourth-order valence-electron chi connectivity index (χ4n) is 1.42. The summed E-state index contributed by atoms with van der Waals surface area (Å²) in [6, 6.07) is 3.17. The average molecular weight is 203 g/mol. The van der Waals surface area contributed by atoms with Gasteiger partial charge in [0, 0.05) is 6.20 Å². The van der Waals surface area contributed by atoms with Crippen molar-refractivity contribution in [3.63, 3.8) is 0 Å². The Kier molecular flexibility index (Phi) is 2.00. The van der Waals surface area contributed by atoms with Crippen molar-refractivity contribution < 1.29 is 9.90 Å². The number of hydrogen-bond acceptors (Lipinski definition) is 4. The van der Waals surface area contributed by atoms with Crippen LogP contribution >= 0.6 is 0 Å². The summed E-state index contributed by atoms with van der Waals surface area (Å²) in [5.74, 6) is -0.657. The van der Waals surface area contributed by atoms with E-state index in [1.165, 1.54) is 12.3 Å². The molecule has 0 amide bonds. The predicted octanol–water partition coefficient (Wildman–Crippen LogP) is 1.22. The lowest BCUT2D eigenvalue weighted by Gasteiger charge is -2.03. The maximum atomic E-state index is 10.7. The fourth-order valence-corrected chi connectivity index (χ4v) is 1.42. The van der Waals surface area contributed by atoms with Crippen LogP contribution < -0.4 is 5.73 Å². The molecule has 0 fully saturated rings. The van der Waals surface area contributed by atoms with Crippen LogP contribution in [0.1, 0.15) is 15.9 Å². The molecule has 0 aliphatic heterocycles. The quantitative estimate of drug-likeness (QED) is 0.727. The molecule has 0 radical (unpaired) electrons. The van der Waals surface area contributed by atoms with Gasteiger partial charge in [0.25, 0.3) is 0 Å². The van der Waals surface area contributed by atoms with E-state index >= 15 is 0 Å². The second kappa shape index (κ2) is 3.20. The van der Waals surface area contributed by atoms with Crippen LogP contribution in [0.15, 0.2) is 18.3 Å². The zero-order chi connectivity index (χ0) is 11.0. The summed E-state index contributed by atoms with van der Waals surface area (Å²) in [5, 5.41) is 8.78. The van der Waals surface area contributed by atoms with Crippen LogP contribution in [-0.2, 0) is 0 Å². The monoisotopic (exact) mass is 203 g/mol. The Morgan fingerprint density at radius 3 is 2.87 bits per heavy atom. The normalized spacial score (nSPS) is 10.5. The Hall–Kier alpha value is -2.17. The van der Waals surface area contributed by atoms with Gasteiger partial charge in [-0.05, 0) is 24.6 Å². The number of fused-ring (bicyclic) bond motifs is 1. The fraction of sp³-hybridized carbons (Fsp3) is 0.100. The lowest BCUT2D eigenvalue weighted by molar-refractivity contribution is 0.0696. The van der Waals surface area contributed by atoms with Crippen molar-refractivity contribution in [1.29, 1.82) is 0 Å². The maximum Gasteiger partial charge on any atom is 0.337 e. The first kappa shape index (κ1) is 9.39. The number of aromatic nitrogens is 2. The molecule has 0 aromatic carbocycles. The lowest BCUT2D eigenvalue weighted by atomic mass is 10.2. The number of aryl methyl sites for hydroxylation is 1. The van der Waals surface area contributed by atoms with E-state index in [-0.39, 0.29) is 5.56 Å². The number of aromatic carboxylic acids is 1. The second-order valence-electron chi connectivity index (χ2n) is 3.26. The van der Waals surface area contributed by atoms with E-state index in [0.29, 0.717) is 16.9 Å². The van der Waals surface area contributed by atoms with Gasteiger partial charge in [0.2, 0.25) is 0 Å². The Morgan fingerprint density at radius 1 is 1.47 bits per heavy atom. The molecule has 0 aliphatic rings. The van der Waals surface area contributed by atoms with Crippen LogP contribution in [-0.4, -0.2) is 21.0 Å². The maximum absolute atomic E-state index is 10.7. The number of nitrogen functional groups attached to an aromatic ring is 1. The summed E-state index contributed by atoms with van der Waals surface area (Å²) in [7, 11) is 0. The molecule has 0 aliphatic carbocycles. The molecular formula is C10H9N3O2. The topological polar surface area (TPSA) is 89.1 Å². The number of carboxylic acid groups (broad SMARTS) is 1. The van der Waals surface area contributed by atoms with Crippen LogP contribution in [0.5, 0.6) is 0 Å². The van der Waals surface area contributed by atoms with E-state index in [0.717, 1.165) is 5.56 Å². The van der Waals surface area contributed by atoms with Gasteiger partial charge in [-0.2, -0.15) is 0 Å². The third kappa shape index (κ3) is 1.59. The minimum Gasteiger partial charge on any atom is -0.478 e. The molecule has 15 heavy (non-hydrogen) atoms. The van der Waals surface area contributed by atoms with E-state index in [2.05, 4.69) is 9.97 Å². The highest BCUT2D eigenvalue weighted by Gasteiger charge is 2.07. The number of carboxylic acids is 1. The number of nitrogens with zero attached hydrogens (tertiary/aromatic N) is 2. The number of pyridine rings is 2. The van der Waals surface area contributed by atoms with Crippen LogP contribution in [0.2, 0.25) is 0 Å². The average Bonchev–Trinajstić information content (AvgIpc) is 2.16. The molecule has 0 bridgehead atoms. The Balaban J connectivity index is 2.76.